The van der Waals surface area contributed by atoms with Crippen LogP contribution in [0.4, 0.5) is 8.78 Å². The quantitative estimate of drug-likeness (QED) is 0.620. The van der Waals surface area contributed by atoms with Gasteiger partial charge in [-0.1, -0.05) is 23.2 Å². The molecule has 0 saturated heterocycles. The molecule has 0 aromatic rings. The highest BCUT2D eigenvalue weighted by molar-refractivity contribution is 6.57. The van der Waals surface area contributed by atoms with Crippen LogP contribution in [0.1, 0.15) is 0 Å². The fourth-order valence-corrected chi connectivity index (χ4v) is 0.619. The van der Waals surface area contributed by atoms with Crippen molar-refractivity contribution in [3.8, 4) is 0 Å². The molecule has 0 atom stereocenters. The number of Topliss-reactive ketones (excluding diaryl/α,β-unsaturated/α-hetero) is 1. The molecule has 0 unspecified atom stereocenters. The summed E-state index contributed by atoms with van der Waals surface area (Å²) in [7, 11) is 0. The smallest absolute Gasteiger partial charge is 0.288 e. The zero-order valence-corrected chi connectivity index (χ0v) is 6.14. The van der Waals surface area contributed by atoms with Gasteiger partial charge in [0.1, 0.15) is 0 Å². The first-order valence-electron chi connectivity index (χ1n) is 1.75. The number of hydrogen-bond donors (Lipinski definition) is 0. The van der Waals surface area contributed by atoms with Gasteiger partial charge in [0.2, 0.25) is 0 Å². The van der Waals surface area contributed by atoms with Gasteiger partial charge >= 0.3 is 5.38 Å². The lowest BCUT2D eigenvalue weighted by molar-refractivity contribution is -0.131. The molecule has 6 heteroatoms. The Balaban J connectivity index is 4.06. The monoisotopic (exact) mass is 196 g/mol. The second kappa shape index (κ2) is 2.99. The van der Waals surface area contributed by atoms with Gasteiger partial charge in [0.15, 0.2) is 4.84 Å². The molecular formula is C3HCl3F2O. The second-order valence-electron chi connectivity index (χ2n) is 1.16. The SMILES string of the molecule is O=C(C(Cl)Cl)C(F)(F)Cl. The number of rotatable bonds is 2. The van der Waals surface area contributed by atoms with E-state index >= 15 is 0 Å². The van der Waals surface area contributed by atoms with Gasteiger partial charge in [-0.3, -0.25) is 4.79 Å². The summed E-state index contributed by atoms with van der Waals surface area (Å²) in [6, 6.07) is 0. The van der Waals surface area contributed by atoms with Crippen LogP contribution in [0.25, 0.3) is 0 Å². The van der Waals surface area contributed by atoms with Crippen LogP contribution in [0.15, 0.2) is 0 Å². The molecule has 0 rings (SSSR count). The topological polar surface area (TPSA) is 17.1 Å². The molecule has 0 aromatic heterocycles. The molecule has 0 spiro atoms. The molecule has 0 aromatic carbocycles. The van der Waals surface area contributed by atoms with Crippen LogP contribution in [0.3, 0.4) is 0 Å². The van der Waals surface area contributed by atoms with E-state index in [4.69, 9.17) is 23.2 Å². The van der Waals surface area contributed by atoms with Crippen LogP contribution < -0.4 is 0 Å². The molecule has 0 saturated carbocycles. The lowest BCUT2D eigenvalue weighted by Crippen LogP contribution is -2.26. The molecule has 0 aliphatic rings. The molecule has 0 aliphatic heterocycles. The minimum Gasteiger partial charge on any atom is -0.288 e. The van der Waals surface area contributed by atoms with Crippen LogP contribution in [-0.4, -0.2) is 16.0 Å². The van der Waals surface area contributed by atoms with Crippen LogP contribution in [0.5, 0.6) is 0 Å². The number of carbonyl (C=O) groups is 1. The lowest BCUT2D eigenvalue weighted by atomic mass is 10.5. The van der Waals surface area contributed by atoms with Gasteiger partial charge in [-0.15, -0.1) is 0 Å². The molecule has 0 aliphatic carbocycles. The van der Waals surface area contributed by atoms with E-state index in [0.29, 0.717) is 0 Å². The zero-order valence-electron chi connectivity index (χ0n) is 3.88. The van der Waals surface area contributed by atoms with Gasteiger partial charge in [0.25, 0.3) is 5.78 Å². The first kappa shape index (κ1) is 9.40. The van der Waals surface area contributed by atoms with Gasteiger partial charge in [-0.05, 0) is 11.6 Å². The molecular weight excluding hydrogens is 196 g/mol. The van der Waals surface area contributed by atoms with Crippen molar-refractivity contribution >= 4 is 40.6 Å². The largest absolute Gasteiger partial charge is 0.383 e. The summed E-state index contributed by atoms with van der Waals surface area (Å²) in [5.41, 5.74) is 0. The summed E-state index contributed by atoms with van der Waals surface area (Å²) in [6.45, 7) is 0. The summed E-state index contributed by atoms with van der Waals surface area (Å²) in [6.07, 6.45) is 0. The molecule has 0 fully saturated rings. The Bertz CT molecular complexity index is 119. The van der Waals surface area contributed by atoms with Crippen molar-refractivity contribution in [3.63, 3.8) is 0 Å². The zero-order chi connectivity index (χ0) is 7.65. The van der Waals surface area contributed by atoms with Crippen molar-refractivity contribution in [1.29, 1.82) is 0 Å². The Morgan fingerprint density at radius 2 is 1.78 bits per heavy atom. The summed E-state index contributed by atoms with van der Waals surface area (Å²) in [5.74, 6) is -1.70. The van der Waals surface area contributed by atoms with Crippen LogP contribution in [-0.2, 0) is 4.79 Å². The molecule has 0 N–H and O–H groups in total. The number of alkyl halides is 5. The number of halogens is 5. The van der Waals surface area contributed by atoms with Gasteiger partial charge in [0.05, 0.1) is 0 Å². The molecule has 0 amide bonds. The highest BCUT2D eigenvalue weighted by Gasteiger charge is 2.39. The molecule has 9 heavy (non-hydrogen) atoms. The first-order valence-corrected chi connectivity index (χ1v) is 3.00. The van der Waals surface area contributed by atoms with Crippen LogP contribution >= 0.6 is 34.8 Å². The van der Waals surface area contributed by atoms with E-state index in [-0.39, 0.29) is 0 Å². The number of hydrogen-bond acceptors (Lipinski definition) is 1. The average molecular weight is 197 g/mol. The van der Waals surface area contributed by atoms with Gasteiger partial charge in [-0.25, -0.2) is 0 Å². The highest BCUT2D eigenvalue weighted by Crippen LogP contribution is 2.24. The molecule has 0 bridgehead atoms. The van der Waals surface area contributed by atoms with E-state index in [1.807, 2.05) is 0 Å². The molecule has 1 nitrogen and oxygen atoms in total. The Kier molecular flexibility index (Phi) is 3.12. The summed E-state index contributed by atoms with van der Waals surface area (Å²) in [5, 5.41) is -3.95. The Morgan fingerprint density at radius 1 is 1.44 bits per heavy atom. The molecule has 54 valence electrons. The van der Waals surface area contributed by atoms with Crippen molar-refractivity contribution < 1.29 is 13.6 Å². The molecule has 0 radical (unpaired) electrons. The van der Waals surface area contributed by atoms with Crippen molar-refractivity contribution in [2.24, 2.45) is 0 Å². The summed E-state index contributed by atoms with van der Waals surface area (Å²) >= 11 is 13.8. The third kappa shape index (κ3) is 3.18. The Labute approximate surface area is 64.9 Å². The van der Waals surface area contributed by atoms with E-state index in [0.717, 1.165) is 0 Å². The maximum atomic E-state index is 11.6. The van der Waals surface area contributed by atoms with Crippen molar-refractivity contribution in [3.05, 3.63) is 0 Å². The fourth-order valence-electron chi connectivity index (χ4n) is 0.124. The normalized spacial score (nSPS) is 12.2. The van der Waals surface area contributed by atoms with Crippen molar-refractivity contribution in [2.45, 2.75) is 10.2 Å². The van der Waals surface area contributed by atoms with E-state index in [2.05, 4.69) is 11.6 Å². The maximum Gasteiger partial charge on any atom is 0.383 e. The summed E-state index contributed by atoms with van der Waals surface area (Å²) < 4.78 is 23.2. The minimum atomic E-state index is -3.95. The van der Waals surface area contributed by atoms with Gasteiger partial charge in [0, 0.05) is 0 Å². The van der Waals surface area contributed by atoms with E-state index in [1.165, 1.54) is 0 Å². The van der Waals surface area contributed by atoms with E-state index in [9.17, 15) is 13.6 Å². The van der Waals surface area contributed by atoms with Gasteiger partial charge in [-0.2, -0.15) is 8.78 Å². The fraction of sp³-hybridized carbons (Fsp3) is 0.667. The predicted molar refractivity (Wildman–Crippen MR) is 31.3 cm³/mol. The third-order valence-electron chi connectivity index (χ3n) is 0.478. The van der Waals surface area contributed by atoms with E-state index < -0.39 is 16.0 Å². The predicted octanol–water partition coefficient (Wildman–Crippen LogP) is 2.19. The Hall–Kier alpha value is 0.400. The maximum absolute atomic E-state index is 11.6. The average Bonchev–Trinajstić information content (AvgIpc) is 1.62. The Morgan fingerprint density at radius 3 is 1.78 bits per heavy atom. The standard InChI is InChI=1S/C3HCl3F2O/c4-2(5)1(9)3(6,7)8/h2H. The second-order valence-corrected chi connectivity index (χ2v) is 2.73. The van der Waals surface area contributed by atoms with Crippen LogP contribution in [0, 0.1) is 0 Å². The van der Waals surface area contributed by atoms with Crippen molar-refractivity contribution in [1.82, 2.24) is 0 Å². The number of carbonyl (C=O) groups excluding carboxylic acids is 1. The lowest BCUT2D eigenvalue weighted by Gasteiger charge is -2.04. The van der Waals surface area contributed by atoms with Gasteiger partial charge < -0.3 is 0 Å². The summed E-state index contributed by atoms with van der Waals surface area (Å²) in [4.78, 5) is 8.25. The third-order valence-corrected chi connectivity index (χ3v) is 1.06. The van der Waals surface area contributed by atoms with E-state index in [1.54, 1.807) is 0 Å². The minimum absolute atomic E-state index is 1.70. The number of ketones is 1. The highest BCUT2D eigenvalue weighted by atomic mass is 35.5. The first-order chi connectivity index (χ1) is 3.85. The molecule has 0 heterocycles. The van der Waals surface area contributed by atoms with Crippen LogP contribution in [0.2, 0.25) is 0 Å². The van der Waals surface area contributed by atoms with Crippen molar-refractivity contribution in [2.75, 3.05) is 0 Å².